The van der Waals surface area contributed by atoms with Gasteiger partial charge in [0.15, 0.2) is 0 Å². The van der Waals surface area contributed by atoms with E-state index >= 15 is 0 Å². The van der Waals surface area contributed by atoms with Crippen molar-refractivity contribution < 1.29 is 37.9 Å². The highest BCUT2D eigenvalue weighted by Gasteiger charge is 2.12. The molecule has 0 unspecified atom stereocenters. The average Bonchev–Trinajstić information content (AvgIpc) is 2.82. The Balaban J connectivity index is 1.62. The predicted molar refractivity (Wildman–Crippen MR) is 122 cm³/mol. The SMILES string of the molecule is CNCCOCCOCCOCCOCCOCCOCCOCCOC1CCNCC1. The smallest absolute Gasteiger partial charge is 0.0704 e. The van der Waals surface area contributed by atoms with Crippen LogP contribution in [0.15, 0.2) is 0 Å². The third-order valence-corrected chi connectivity index (χ3v) is 4.60. The standard InChI is InChI=1S/C22H46N2O8/c1-23-6-7-25-8-9-26-10-11-27-12-13-28-14-15-29-16-17-30-18-19-31-20-21-32-22-2-4-24-5-3-22/h22-24H,2-21H2,1H3. The van der Waals surface area contributed by atoms with Crippen LogP contribution in [0, 0.1) is 0 Å². The van der Waals surface area contributed by atoms with Gasteiger partial charge in [0, 0.05) is 6.54 Å². The van der Waals surface area contributed by atoms with Crippen LogP contribution in [0.5, 0.6) is 0 Å². The fraction of sp³-hybridized carbons (Fsp3) is 1.00. The summed E-state index contributed by atoms with van der Waals surface area (Å²) >= 11 is 0. The minimum Gasteiger partial charge on any atom is -0.378 e. The summed E-state index contributed by atoms with van der Waals surface area (Å²) in [5.74, 6) is 0. The second kappa shape index (κ2) is 25.2. The average molecular weight is 467 g/mol. The molecule has 0 bridgehead atoms. The Hall–Kier alpha value is -0.400. The highest BCUT2D eigenvalue weighted by Crippen LogP contribution is 2.06. The maximum Gasteiger partial charge on any atom is 0.0704 e. The first-order chi connectivity index (χ1) is 15.9. The van der Waals surface area contributed by atoms with Gasteiger partial charge in [-0.05, 0) is 33.0 Å². The van der Waals surface area contributed by atoms with Crippen molar-refractivity contribution in [1.82, 2.24) is 10.6 Å². The van der Waals surface area contributed by atoms with E-state index in [4.69, 9.17) is 37.9 Å². The summed E-state index contributed by atoms with van der Waals surface area (Å²) in [5.41, 5.74) is 0. The molecule has 32 heavy (non-hydrogen) atoms. The molecule has 1 aliphatic rings. The molecule has 10 nitrogen and oxygen atoms in total. The summed E-state index contributed by atoms with van der Waals surface area (Å²) < 4.78 is 43.8. The molecule has 0 amide bonds. The second-order valence-corrected chi connectivity index (χ2v) is 7.21. The van der Waals surface area contributed by atoms with Crippen LogP contribution in [0.25, 0.3) is 0 Å². The van der Waals surface area contributed by atoms with Crippen LogP contribution < -0.4 is 10.6 Å². The lowest BCUT2D eigenvalue weighted by Crippen LogP contribution is -2.33. The van der Waals surface area contributed by atoms with Crippen molar-refractivity contribution in [3.63, 3.8) is 0 Å². The highest BCUT2D eigenvalue weighted by molar-refractivity contribution is 4.67. The van der Waals surface area contributed by atoms with Gasteiger partial charge in [-0.1, -0.05) is 0 Å². The molecule has 0 aliphatic carbocycles. The maximum absolute atomic E-state index is 5.77. The number of piperidine rings is 1. The van der Waals surface area contributed by atoms with Crippen molar-refractivity contribution in [2.24, 2.45) is 0 Å². The molecule has 0 radical (unpaired) electrons. The van der Waals surface area contributed by atoms with E-state index in [9.17, 15) is 0 Å². The molecule has 192 valence electrons. The van der Waals surface area contributed by atoms with Crippen LogP contribution in [0.1, 0.15) is 12.8 Å². The molecule has 0 aromatic heterocycles. The predicted octanol–water partition coefficient (Wildman–Crippen LogP) is 0.0906. The van der Waals surface area contributed by atoms with Gasteiger partial charge in [0.05, 0.1) is 105 Å². The summed E-state index contributed by atoms with van der Waals surface area (Å²) in [4.78, 5) is 0. The first-order valence-electron chi connectivity index (χ1n) is 11.9. The number of rotatable bonds is 25. The second-order valence-electron chi connectivity index (χ2n) is 7.21. The lowest BCUT2D eigenvalue weighted by Gasteiger charge is -2.22. The van der Waals surface area contributed by atoms with Crippen molar-refractivity contribution in [3.8, 4) is 0 Å². The van der Waals surface area contributed by atoms with E-state index in [1.54, 1.807) is 0 Å². The Kier molecular flexibility index (Phi) is 23.4. The van der Waals surface area contributed by atoms with Gasteiger partial charge in [-0.15, -0.1) is 0 Å². The van der Waals surface area contributed by atoms with Gasteiger partial charge < -0.3 is 48.5 Å². The number of ether oxygens (including phenoxy) is 8. The van der Waals surface area contributed by atoms with E-state index in [0.717, 1.165) is 32.5 Å². The van der Waals surface area contributed by atoms with Gasteiger partial charge in [0.25, 0.3) is 0 Å². The number of hydrogen-bond acceptors (Lipinski definition) is 10. The number of nitrogens with one attached hydrogen (secondary N) is 2. The molecule has 1 aliphatic heterocycles. The zero-order valence-corrected chi connectivity index (χ0v) is 20.0. The van der Waals surface area contributed by atoms with Crippen molar-refractivity contribution in [2.45, 2.75) is 18.9 Å². The zero-order valence-electron chi connectivity index (χ0n) is 20.0. The third-order valence-electron chi connectivity index (χ3n) is 4.60. The van der Waals surface area contributed by atoms with Crippen LogP contribution in [0.2, 0.25) is 0 Å². The van der Waals surface area contributed by atoms with Crippen LogP contribution in [-0.4, -0.2) is 132 Å². The Morgan fingerprint density at radius 3 is 1.25 bits per heavy atom. The Morgan fingerprint density at radius 2 is 0.875 bits per heavy atom. The van der Waals surface area contributed by atoms with Crippen molar-refractivity contribution in [1.29, 1.82) is 0 Å². The Morgan fingerprint density at radius 1 is 0.531 bits per heavy atom. The van der Waals surface area contributed by atoms with E-state index in [2.05, 4.69) is 10.6 Å². The molecule has 0 atom stereocenters. The molecule has 0 spiro atoms. The third kappa shape index (κ3) is 21.4. The fourth-order valence-electron chi connectivity index (χ4n) is 2.83. The van der Waals surface area contributed by atoms with Crippen LogP contribution >= 0.6 is 0 Å². The molecule has 10 heteroatoms. The molecular formula is C22H46N2O8. The van der Waals surface area contributed by atoms with Gasteiger partial charge in [-0.25, -0.2) is 0 Å². The normalized spacial score (nSPS) is 14.9. The zero-order chi connectivity index (χ0) is 22.8. The van der Waals surface area contributed by atoms with Crippen LogP contribution in [0.3, 0.4) is 0 Å². The largest absolute Gasteiger partial charge is 0.378 e. The maximum atomic E-state index is 5.77. The summed E-state index contributed by atoms with van der Waals surface area (Å²) in [6.45, 7) is 11.7. The first kappa shape index (κ1) is 29.6. The molecule has 1 heterocycles. The minimum absolute atomic E-state index is 0.383. The lowest BCUT2D eigenvalue weighted by molar-refractivity contribution is -0.0313. The van der Waals surface area contributed by atoms with E-state index < -0.39 is 0 Å². The topological polar surface area (TPSA) is 97.9 Å². The highest BCUT2D eigenvalue weighted by atomic mass is 16.6. The first-order valence-corrected chi connectivity index (χ1v) is 11.9. The van der Waals surface area contributed by atoms with E-state index in [1.807, 2.05) is 7.05 Å². The molecule has 1 fully saturated rings. The molecule has 0 aromatic carbocycles. The Labute approximate surface area is 193 Å². The summed E-state index contributed by atoms with van der Waals surface area (Å²) in [5, 5.41) is 6.34. The van der Waals surface area contributed by atoms with E-state index in [-0.39, 0.29) is 0 Å². The van der Waals surface area contributed by atoms with Gasteiger partial charge in [0.1, 0.15) is 0 Å². The summed E-state index contributed by atoms with van der Waals surface area (Å²) in [6, 6.07) is 0. The summed E-state index contributed by atoms with van der Waals surface area (Å²) in [7, 11) is 1.90. The van der Waals surface area contributed by atoms with E-state index in [1.165, 1.54) is 0 Å². The summed E-state index contributed by atoms with van der Waals surface area (Å²) in [6.07, 6.45) is 2.56. The monoisotopic (exact) mass is 466 g/mol. The van der Waals surface area contributed by atoms with Gasteiger partial charge in [-0.2, -0.15) is 0 Å². The van der Waals surface area contributed by atoms with Gasteiger partial charge >= 0.3 is 0 Å². The van der Waals surface area contributed by atoms with E-state index in [0.29, 0.717) is 105 Å². The van der Waals surface area contributed by atoms with Crippen molar-refractivity contribution in [2.75, 3.05) is 126 Å². The lowest BCUT2D eigenvalue weighted by atomic mass is 10.1. The quantitative estimate of drug-likeness (QED) is 0.180. The molecule has 2 N–H and O–H groups in total. The number of hydrogen-bond donors (Lipinski definition) is 2. The molecule has 1 saturated heterocycles. The van der Waals surface area contributed by atoms with Crippen LogP contribution in [-0.2, 0) is 37.9 Å². The van der Waals surface area contributed by atoms with Crippen molar-refractivity contribution >= 4 is 0 Å². The minimum atomic E-state index is 0.383. The van der Waals surface area contributed by atoms with Crippen molar-refractivity contribution in [3.05, 3.63) is 0 Å². The molecule has 0 aromatic rings. The molecule has 1 rings (SSSR count). The Bertz CT molecular complexity index is 363. The molecular weight excluding hydrogens is 420 g/mol. The molecule has 0 saturated carbocycles. The van der Waals surface area contributed by atoms with Gasteiger partial charge in [0.2, 0.25) is 0 Å². The van der Waals surface area contributed by atoms with Crippen LogP contribution in [0.4, 0.5) is 0 Å². The fourth-order valence-corrected chi connectivity index (χ4v) is 2.83. The number of likely N-dealkylation sites (N-methyl/N-ethyl adjacent to an activating group) is 1. The van der Waals surface area contributed by atoms with Gasteiger partial charge in [-0.3, -0.25) is 0 Å².